The number of aryl methyl sites for hydroxylation is 1. The van der Waals surface area contributed by atoms with Crippen molar-refractivity contribution in [3.05, 3.63) is 62.7 Å². The lowest BCUT2D eigenvalue weighted by molar-refractivity contribution is -0.389. The normalized spacial score (nSPS) is 25.6. The molecule has 1 N–H and O–H groups in total. The summed E-state index contributed by atoms with van der Waals surface area (Å²) in [6.45, 7) is 3.60. The smallest absolute Gasteiger partial charge is 0.363 e. The molecular weight excluding hydrogens is 432 g/mol. The maximum atomic E-state index is 13.1. The molecule has 0 radical (unpaired) electrons. The summed E-state index contributed by atoms with van der Waals surface area (Å²) < 4.78 is 3.68. The lowest BCUT2D eigenvalue weighted by Crippen LogP contribution is -2.36. The molecule has 34 heavy (non-hydrogen) atoms. The van der Waals surface area contributed by atoms with Gasteiger partial charge < -0.3 is 20.3 Å². The molecule has 174 valence electrons. The van der Waals surface area contributed by atoms with E-state index in [2.05, 4.69) is 27.0 Å². The van der Waals surface area contributed by atoms with Crippen molar-refractivity contribution >= 4 is 22.5 Å². The average Bonchev–Trinajstić information content (AvgIpc) is 3.18. The zero-order chi connectivity index (χ0) is 23.4. The molecule has 2 saturated heterocycles. The lowest BCUT2D eigenvalue weighted by Gasteiger charge is -2.24. The Labute approximate surface area is 196 Å². The number of piperidine rings is 2. The molecule has 0 amide bonds. The van der Waals surface area contributed by atoms with E-state index >= 15 is 0 Å². The second kappa shape index (κ2) is 7.99. The van der Waals surface area contributed by atoms with Crippen molar-refractivity contribution in [3.8, 4) is 11.8 Å². The summed E-state index contributed by atoms with van der Waals surface area (Å²) >= 11 is 0. The van der Waals surface area contributed by atoms with Crippen LogP contribution < -0.4 is 15.9 Å². The van der Waals surface area contributed by atoms with Crippen LogP contribution in [0.15, 0.2) is 41.3 Å². The molecule has 3 fully saturated rings. The highest BCUT2D eigenvalue weighted by Crippen LogP contribution is 2.52. The quantitative estimate of drug-likeness (QED) is 0.367. The maximum Gasteiger partial charge on any atom is 0.363 e. The molecule has 2 aromatic heterocycles. The highest BCUT2D eigenvalue weighted by Gasteiger charge is 2.55. The maximum absolute atomic E-state index is 13.1. The van der Waals surface area contributed by atoms with Gasteiger partial charge in [0.25, 0.3) is 0 Å². The van der Waals surface area contributed by atoms with Crippen LogP contribution in [-0.2, 0) is 7.05 Å². The molecule has 2 aliphatic heterocycles. The van der Waals surface area contributed by atoms with Gasteiger partial charge in [0.1, 0.15) is 0 Å². The predicted molar refractivity (Wildman–Crippen MR) is 129 cm³/mol. The number of nitrogens with zero attached hydrogens (tertiary/aromatic N) is 5. The Morgan fingerprint density at radius 3 is 2.71 bits per heavy atom. The van der Waals surface area contributed by atoms with E-state index in [1.807, 2.05) is 29.8 Å². The third kappa shape index (κ3) is 3.37. The standard InChI is InChI=1S/C25H26N6O3/c1-28-24-16(4-2-6-22(24)30(25(28)32)18-5-3-11-26-12-18)7-9-19-20-14-29(15-21(19)20)17-8-10-23(27-13-17)31(33)34/h2,4,6,8,10,13,18-21,26H,3,5,11-12,14-15H2,1H3/t18?,19?,20-,21+. The number of hydrogen-bond acceptors (Lipinski definition) is 6. The summed E-state index contributed by atoms with van der Waals surface area (Å²) in [5.41, 5.74) is 3.72. The SMILES string of the molecule is Cn1c(=O)n(C2CCCNC2)c2cccc(C#CC3[C@H]4CN(c5ccc([N+](=O)[O-])nc5)C[C@@H]34)c21. The highest BCUT2D eigenvalue weighted by molar-refractivity contribution is 5.83. The first-order valence-electron chi connectivity index (χ1n) is 11.8. The van der Waals surface area contributed by atoms with Gasteiger partial charge in [0.2, 0.25) is 0 Å². The van der Waals surface area contributed by atoms with E-state index < -0.39 is 4.92 Å². The summed E-state index contributed by atoms with van der Waals surface area (Å²) in [7, 11) is 1.84. The minimum atomic E-state index is -0.479. The van der Waals surface area contributed by atoms with Crippen molar-refractivity contribution in [1.82, 2.24) is 19.4 Å². The molecule has 0 spiro atoms. The largest absolute Gasteiger partial charge is 0.368 e. The molecule has 2 unspecified atom stereocenters. The number of imidazole rings is 1. The third-order valence-electron chi connectivity index (χ3n) is 7.59. The lowest BCUT2D eigenvalue weighted by atomic mass is 10.1. The third-order valence-corrected chi connectivity index (χ3v) is 7.59. The Morgan fingerprint density at radius 2 is 2.03 bits per heavy atom. The fourth-order valence-corrected chi connectivity index (χ4v) is 5.73. The van der Waals surface area contributed by atoms with Gasteiger partial charge in [-0.15, -0.1) is 0 Å². The van der Waals surface area contributed by atoms with Crippen LogP contribution in [0.4, 0.5) is 11.5 Å². The molecule has 3 aliphatic rings. The van der Waals surface area contributed by atoms with Crippen molar-refractivity contribution in [1.29, 1.82) is 0 Å². The van der Waals surface area contributed by atoms with E-state index in [1.165, 1.54) is 6.07 Å². The Balaban J connectivity index is 1.21. The van der Waals surface area contributed by atoms with Gasteiger partial charge in [-0.1, -0.05) is 17.9 Å². The van der Waals surface area contributed by atoms with Crippen LogP contribution in [0, 0.1) is 39.7 Å². The van der Waals surface area contributed by atoms with Gasteiger partial charge >= 0.3 is 11.5 Å². The van der Waals surface area contributed by atoms with Crippen LogP contribution in [0.2, 0.25) is 0 Å². The van der Waals surface area contributed by atoms with E-state index in [-0.39, 0.29) is 17.5 Å². The Hall–Kier alpha value is -3.64. The van der Waals surface area contributed by atoms with Crippen LogP contribution in [0.5, 0.6) is 0 Å². The minimum Gasteiger partial charge on any atom is -0.368 e. The monoisotopic (exact) mass is 458 g/mol. The van der Waals surface area contributed by atoms with Gasteiger partial charge in [0.05, 0.1) is 28.3 Å². The van der Waals surface area contributed by atoms with Crippen LogP contribution >= 0.6 is 0 Å². The van der Waals surface area contributed by atoms with Gasteiger partial charge in [-0.25, -0.2) is 4.79 Å². The number of aromatic nitrogens is 3. The number of nitrogens with one attached hydrogen (secondary N) is 1. The molecule has 6 rings (SSSR count). The Morgan fingerprint density at radius 1 is 1.21 bits per heavy atom. The topological polar surface area (TPSA) is 98.2 Å². The first-order chi connectivity index (χ1) is 16.5. The highest BCUT2D eigenvalue weighted by atomic mass is 16.6. The molecule has 3 aromatic rings. The Kier molecular flexibility index (Phi) is 4.92. The van der Waals surface area contributed by atoms with E-state index in [4.69, 9.17) is 0 Å². The molecular formula is C25H26N6O3. The summed E-state index contributed by atoms with van der Waals surface area (Å²) in [5, 5.41) is 14.2. The van der Waals surface area contributed by atoms with Crippen molar-refractivity contribution < 1.29 is 4.92 Å². The number of nitro groups is 1. The zero-order valence-corrected chi connectivity index (χ0v) is 19.0. The molecule has 9 heteroatoms. The molecule has 1 aliphatic carbocycles. The number of hydrogen-bond donors (Lipinski definition) is 1. The van der Waals surface area contributed by atoms with Crippen LogP contribution in [0.3, 0.4) is 0 Å². The van der Waals surface area contributed by atoms with Crippen LogP contribution in [0.25, 0.3) is 11.0 Å². The van der Waals surface area contributed by atoms with Gasteiger partial charge in [-0.3, -0.25) is 9.13 Å². The summed E-state index contributed by atoms with van der Waals surface area (Å²) in [5.74, 6) is 8.10. The van der Waals surface area contributed by atoms with E-state index in [0.29, 0.717) is 17.8 Å². The molecule has 1 aromatic carbocycles. The fourth-order valence-electron chi connectivity index (χ4n) is 5.73. The number of anilines is 1. The molecule has 0 bridgehead atoms. The van der Waals surface area contributed by atoms with Crippen molar-refractivity contribution in [2.24, 2.45) is 24.8 Å². The minimum absolute atomic E-state index is 0.0218. The Bertz CT molecular complexity index is 1380. The summed E-state index contributed by atoms with van der Waals surface area (Å²) in [6.07, 6.45) is 3.66. The summed E-state index contributed by atoms with van der Waals surface area (Å²) in [6, 6.07) is 9.43. The van der Waals surface area contributed by atoms with Gasteiger partial charge in [0.15, 0.2) is 6.20 Å². The number of benzene rings is 1. The zero-order valence-electron chi connectivity index (χ0n) is 19.0. The van der Waals surface area contributed by atoms with Crippen LogP contribution in [0.1, 0.15) is 24.4 Å². The average molecular weight is 459 g/mol. The predicted octanol–water partition coefficient (Wildman–Crippen LogP) is 2.30. The first kappa shape index (κ1) is 20.9. The summed E-state index contributed by atoms with van der Waals surface area (Å²) in [4.78, 5) is 29.6. The van der Waals surface area contributed by atoms with Crippen molar-refractivity contribution in [3.63, 3.8) is 0 Å². The number of para-hydroxylation sites is 1. The van der Waals surface area contributed by atoms with Crippen LogP contribution in [-0.4, -0.2) is 45.2 Å². The van der Waals surface area contributed by atoms with Gasteiger partial charge in [0, 0.05) is 38.7 Å². The molecule has 4 atom stereocenters. The first-order valence-corrected chi connectivity index (χ1v) is 11.8. The van der Waals surface area contributed by atoms with E-state index in [1.54, 1.807) is 16.8 Å². The molecule has 4 heterocycles. The number of pyridine rings is 1. The van der Waals surface area contributed by atoms with E-state index in [0.717, 1.165) is 61.3 Å². The van der Waals surface area contributed by atoms with Crippen molar-refractivity contribution in [2.75, 3.05) is 31.1 Å². The second-order valence-electron chi connectivity index (χ2n) is 9.54. The van der Waals surface area contributed by atoms with Gasteiger partial charge in [-0.05, 0) is 59.3 Å². The molecule has 1 saturated carbocycles. The number of fused-ring (bicyclic) bond motifs is 2. The van der Waals surface area contributed by atoms with E-state index in [9.17, 15) is 14.9 Å². The van der Waals surface area contributed by atoms with Crippen molar-refractivity contribution in [2.45, 2.75) is 18.9 Å². The number of rotatable bonds is 3. The second-order valence-corrected chi connectivity index (χ2v) is 9.54. The van der Waals surface area contributed by atoms with Gasteiger partial charge in [-0.2, -0.15) is 0 Å². The fraction of sp³-hybridized carbons (Fsp3) is 0.440. The molecule has 9 nitrogen and oxygen atoms in total.